The Labute approximate surface area is 146 Å². The van der Waals surface area contributed by atoms with Crippen molar-refractivity contribution in [2.24, 2.45) is 0 Å². The predicted octanol–water partition coefficient (Wildman–Crippen LogP) is 2.57. The van der Waals surface area contributed by atoms with Crippen LogP contribution >= 0.6 is 11.8 Å². The van der Waals surface area contributed by atoms with Crippen LogP contribution in [-0.2, 0) is 23.7 Å². The molecule has 3 aliphatic heterocycles. The summed E-state index contributed by atoms with van der Waals surface area (Å²) in [6, 6.07) is 5.83. The second-order valence-electron chi connectivity index (χ2n) is 7.19. The molecule has 4 rings (SSSR count). The molecule has 5 unspecified atom stereocenters. The van der Waals surface area contributed by atoms with Gasteiger partial charge >= 0.3 is 0 Å². The highest BCUT2D eigenvalue weighted by Crippen LogP contribution is 2.46. The van der Waals surface area contributed by atoms with Crippen molar-refractivity contribution in [1.82, 2.24) is 4.98 Å². The Hall–Kier alpha value is -0.700. The van der Waals surface area contributed by atoms with Crippen LogP contribution in [0.4, 0.5) is 0 Å². The topological polar surface area (TPSA) is 59.0 Å². The normalized spacial score (nSPS) is 39.9. The van der Waals surface area contributed by atoms with Crippen LogP contribution in [0.2, 0.25) is 0 Å². The molecule has 4 heterocycles. The van der Waals surface area contributed by atoms with Crippen LogP contribution in [0.15, 0.2) is 29.4 Å². The molecule has 0 aromatic carbocycles. The third-order valence-electron chi connectivity index (χ3n) is 4.32. The van der Waals surface area contributed by atoms with Gasteiger partial charge in [-0.3, -0.25) is 0 Å². The number of ether oxygens (including phenoxy) is 5. The van der Waals surface area contributed by atoms with Crippen molar-refractivity contribution in [3.05, 3.63) is 24.4 Å². The lowest BCUT2D eigenvalue weighted by atomic mass is 10.1. The summed E-state index contributed by atoms with van der Waals surface area (Å²) >= 11 is 1.56. The van der Waals surface area contributed by atoms with Gasteiger partial charge in [0.05, 0.1) is 11.6 Å². The van der Waals surface area contributed by atoms with E-state index in [-0.39, 0.29) is 29.9 Å². The molecule has 132 valence electrons. The molecule has 3 saturated heterocycles. The van der Waals surface area contributed by atoms with E-state index in [0.717, 1.165) is 5.03 Å². The van der Waals surface area contributed by atoms with Crippen LogP contribution in [0.1, 0.15) is 27.7 Å². The number of nitrogens with zero attached hydrogens (tertiary/aromatic N) is 1. The maximum Gasteiger partial charge on any atom is 0.164 e. The number of rotatable bonds is 3. The second kappa shape index (κ2) is 5.93. The van der Waals surface area contributed by atoms with Crippen molar-refractivity contribution >= 4 is 11.8 Å². The fourth-order valence-electron chi connectivity index (χ4n) is 3.40. The highest BCUT2D eigenvalue weighted by atomic mass is 32.2. The molecular formula is C17H23NO5S. The third-order valence-corrected chi connectivity index (χ3v) is 5.41. The first-order chi connectivity index (χ1) is 11.3. The minimum absolute atomic E-state index is 0.163. The van der Waals surface area contributed by atoms with Gasteiger partial charge in [-0.1, -0.05) is 17.8 Å². The van der Waals surface area contributed by atoms with Crippen LogP contribution in [-0.4, -0.2) is 53.0 Å². The Balaban J connectivity index is 1.54. The zero-order chi connectivity index (χ0) is 16.9. The summed E-state index contributed by atoms with van der Waals surface area (Å²) in [5.74, 6) is -1.22. The van der Waals surface area contributed by atoms with E-state index in [4.69, 9.17) is 23.7 Å². The molecular weight excluding hydrogens is 330 g/mol. The van der Waals surface area contributed by atoms with Crippen molar-refractivity contribution < 1.29 is 23.7 Å². The number of hydrogen-bond donors (Lipinski definition) is 0. The van der Waals surface area contributed by atoms with Gasteiger partial charge in [0.25, 0.3) is 0 Å². The van der Waals surface area contributed by atoms with E-state index in [9.17, 15) is 0 Å². The van der Waals surface area contributed by atoms with Crippen LogP contribution in [0.25, 0.3) is 0 Å². The summed E-state index contributed by atoms with van der Waals surface area (Å²) in [7, 11) is 0. The van der Waals surface area contributed by atoms with E-state index in [1.54, 1.807) is 18.0 Å². The van der Waals surface area contributed by atoms with Crippen molar-refractivity contribution in [3.63, 3.8) is 0 Å². The van der Waals surface area contributed by atoms with E-state index >= 15 is 0 Å². The summed E-state index contributed by atoms with van der Waals surface area (Å²) in [4.78, 5) is 4.37. The monoisotopic (exact) mass is 353 g/mol. The van der Waals surface area contributed by atoms with Crippen LogP contribution in [0.3, 0.4) is 0 Å². The Morgan fingerprint density at radius 3 is 2.46 bits per heavy atom. The molecule has 1 aromatic rings. The van der Waals surface area contributed by atoms with Gasteiger partial charge in [-0.05, 0) is 39.8 Å². The molecule has 0 aliphatic carbocycles. The van der Waals surface area contributed by atoms with Crippen LogP contribution < -0.4 is 0 Å². The SMILES string of the molecule is CC1(C)OCC(C2OC(Sc3ccccn3)C3OC(C)(C)OC23)O1. The fraction of sp³-hybridized carbons (Fsp3) is 0.706. The number of aromatic nitrogens is 1. The molecule has 0 saturated carbocycles. The zero-order valence-electron chi connectivity index (χ0n) is 14.3. The van der Waals surface area contributed by atoms with Crippen LogP contribution in [0, 0.1) is 0 Å². The predicted molar refractivity (Wildman–Crippen MR) is 87.5 cm³/mol. The van der Waals surface area contributed by atoms with Gasteiger partial charge in [-0.15, -0.1) is 0 Å². The summed E-state index contributed by atoms with van der Waals surface area (Å²) < 4.78 is 30.2. The van der Waals surface area contributed by atoms with E-state index in [1.807, 2.05) is 45.9 Å². The molecule has 24 heavy (non-hydrogen) atoms. The Kier molecular flexibility index (Phi) is 4.14. The maximum atomic E-state index is 6.27. The van der Waals surface area contributed by atoms with Crippen molar-refractivity contribution in [3.8, 4) is 0 Å². The first kappa shape index (κ1) is 16.8. The molecule has 5 atom stereocenters. The van der Waals surface area contributed by atoms with Gasteiger partial charge in [0, 0.05) is 6.20 Å². The molecule has 7 heteroatoms. The molecule has 0 amide bonds. The van der Waals surface area contributed by atoms with Gasteiger partial charge in [0.15, 0.2) is 11.6 Å². The average molecular weight is 353 g/mol. The molecule has 3 aliphatic rings. The van der Waals surface area contributed by atoms with E-state index in [1.165, 1.54) is 0 Å². The van der Waals surface area contributed by atoms with Gasteiger partial charge in [0.2, 0.25) is 0 Å². The quantitative estimate of drug-likeness (QED) is 0.828. The lowest BCUT2D eigenvalue weighted by Crippen LogP contribution is -2.40. The second-order valence-corrected chi connectivity index (χ2v) is 8.31. The van der Waals surface area contributed by atoms with Crippen molar-refractivity contribution in [2.45, 2.75) is 74.1 Å². The lowest BCUT2D eigenvalue weighted by molar-refractivity contribution is -0.198. The van der Waals surface area contributed by atoms with Gasteiger partial charge in [0.1, 0.15) is 29.9 Å². The van der Waals surface area contributed by atoms with E-state index < -0.39 is 11.6 Å². The third kappa shape index (κ3) is 3.21. The van der Waals surface area contributed by atoms with E-state index in [2.05, 4.69) is 4.98 Å². The zero-order valence-corrected chi connectivity index (χ0v) is 15.1. The number of pyridine rings is 1. The highest BCUT2D eigenvalue weighted by Gasteiger charge is 2.59. The molecule has 0 spiro atoms. The molecule has 0 bridgehead atoms. The smallest absolute Gasteiger partial charge is 0.164 e. The summed E-state index contributed by atoms with van der Waals surface area (Å²) in [6.07, 6.45) is 1.05. The Morgan fingerprint density at radius 1 is 1.00 bits per heavy atom. The van der Waals surface area contributed by atoms with Gasteiger partial charge in [-0.25, -0.2) is 4.98 Å². The number of fused-ring (bicyclic) bond motifs is 1. The largest absolute Gasteiger partial charge is 0.355 e. The highest BCUT2D eigenvalue weighted by molar-refractivity contribution is 7.99. The fourth-order valence-corrected chi connectivity index (χ4v) is 4.44. The molecule has 1 aromatic heterocycles. The molecule has 0 N–H and O–H groups in total. The minimum Gasteiger partial charge on any atom is -0.355 e. The van der Waals surface area contributed by atoms with Crippen molar-refractivity contribution in [1.29, 1.82) is 0 Å². The summed E-state index contributed by atoms with van der Waals surface area (Å²) in [5, 5.41) is 0.902. The molecule has 6 nitrogen and oxygen atoms in total. The number of thioether (sulfide) groups is 1. The van der Waals surface area contributed by atoms with Crippen LogP contribution in [0.5, 0.6) is 0 Å². The summed E-state index contributed by atoms with van der Waals surface area (Å²) in [5.41, 5.74) is -0.191. The standard InChI is InChI=1S/C17H23NO5S/c1-16(2)19-9-10(21-16)12-13-14(23-17(3,4)22-13)15(20-12)24-11-7-5-6-8-18-11/h5-8,10,12-15H,9H2,1-4H3. The van der Waals surface area contributed by atoms with Crippen molar-refractivity contribution in [2.75, 3.05) is 6.61 Å². The summed E-state index contributed by atoms with van der Waals surface area (Å²) in [6.45, 7) is 8.18. The number of hydrogen-bond acceptors (Lipinski definition) is 7. The first-order valence-corrected chi connectivity index (χ1v) is 9.12. The molecule has 0 radical (unpaired) electrons. The van der Waals surface area contributed by atoms with Gasteiger partial charge < -0.3 is 23.7 Å². The van der Waals surface area contributed by atoms with E-state index in [0.29, 0.717) is 6.61 Å². The minimum atomic E-state index is -0.630. The first-order valence-electron chi connectivity index (χ1n) is 8.24. The Bertz CT molecular complexity index is 596. The molecule has 3 fully saturated rings. The Morgan fingerprint density at radius 2 is 1.79 bits per heavy atom. The van der Waals surface area contributed by atoms with Gasteiger partial charge in [-0.2, -0.15) is 0 Å². The lowest BCUT2D eigenvalue weighted by Gasteiger charge is -2.26. The maximum absolute atomic E-state index is 6.27. The average Bonchev–Trinajstić information content (AvgIpc) is 3.12.